The number of carbonyl (C=O) groups is 1. The van der Waals surface area contributed by atoms with Gasteiger partial charge in [0.1, 0.15) is 5.82 Å². The van der Waals surface area contributed by atoms with Gasteiger partial charge in [-0.05, 0) is 29.7 Å². The molecule has 8 heteroatoms. The van der Waals surface area contributed by atoms with E-state index >= 15 is 0 Å². The van der Waals surface area contributed by atoms with Crippen molar-refractivity contribution in [3.8, 4) is 0 Å². The van der Waals surface area contributed by atoms with Crippen LogP contribution in [0.15, 0.2) is 65.9 Å². The lowest BCUT2D eigenvalue weighted by Crippen LogP contribution is -2.40. The number of imidazole rings is 1. The van der Waals surface area contributed by atoms with Crippen molar-refractivity contribution in [1.29, 1.82) is 0 Å². The summed E-state index contributed by atoms with van der Waals surface area (Å²) in [6.07, 6.45) is 4.29. The number of aryl methyl sites for hydroxylation is 1. The van der Waals surface area contributed by atoms with E-state index in [2.05, 4.69) is 60.8 Å². The monoisotopic (exact) mass is 544 g/mol. The van der Waals surface area contributed by atoms with E-state index in [1.807, 2.05) is 37.5 Å². The van der Waals surface area contributed by atoms with E-state index in [-0.39, 0.29) is 35.8 Å². The number of carbonyl (C=O) groups excluding carboxylic acids is 1. The Labute approximate surface area is 205 Å². The van der Waals surface area contributed by atoms with Gasteiger partial charge in [-0.1, -0.05) is 42.5 Å². The number of hydrogen-bond acceptors (Lipinski definition) is 3. The number of halogens is 1. The number of hydrogen-bond donors (Lipinski definition) is 3. The summed E-state index contributed by atoms with van der Waals surface area (Å²) in [7, 11) is 1.76. The SMILES string of the molecule is CN=C(NCc1cccc(Cn2ccnc2C)c1)NCC1CC(=O)Nc2ccccc21.I. The summed E-state index contributed by atoms with van der Waals surface area (Å²) in [5.74, 6) is 1.90. The third-order valence-electron chi connectivity index (χ3n) is 5.57. The van der Waals surface area contributed by atoms with Crippen molar-refractivity contribution in [3.05, 3.63) is 83.4 Å². The molecule has 2 heterocycles. The predicted octanol–water partition coefficient (Wildman–Crippen LogP) is 3.65. The number of benzene rings is 2. The maximum atomic E-state index is 12.0. The van der Waals surface area contributed by atoms with Crippen molar-refractivity contribution in [2.75, 3.05) is 18.9 Å². The zero-order valence-corrected chi connectivity index (χ0v) is 20.7. The normalized spacial score (nSPS) is 15.4. The van der Waals surface area contributed by atoms with Crippen molar-refractivity contribution in [2.45, 2.75) is 32.4 Å². The fourth-order valence-electron chi connectivity index (χ4n) is 3.92. The van der Waals surface area contributed by atoms with Crippen molar-refractivity contribution >= 4 is 41.5 Å². The Kier molecular flexibility index (Phi) is 8.26. The van der Waals surface area contributed by atoms with E-state index in [9.17, 15) is 4.79 Å². The van der Waals surface area contributed by atoms with E-state index in [1.165, 1.54) is 11.1 Å². The van der Waals surface area contributed by atoms with Crippen LogP contribution >= 0.6 is 24.0 Å². The molecular weight excluding hydrogens is 515 g/mol. The fraction of sp³-hybridized carbons (Fsp3) is 0.292. The Hall–Kier alpha value is -2.88. The van der Waals surface area contributed by atoms with E-state index in [0.717, 1.165) is 29.6 Å². The van der Waals surface area contributed by atoms with Crippen LogP contribution in [0.1, 0.15) is 34.9 Å². The summed E-state index contributed by atoms with van der Waals surface area (Å²) in [4.78, 5) is 20.7. The second-order valence-corrected chi connectivity index (χ2v) is 7.77. The van der Waals surface area contributed by atoms with Gasteiger partial charge in [0.2, 0.25) is 5.91 Å². The van der Waals surface area contributed by atoms with Crippen molar-refractivity contribution in [2.24, 2.45) is 4.99 Å². The Balaban J connectivity index is 0.00000289. The topological polar surface area (TPSA) is 83.3 Å². The molecule has 1 unspecified atom stereocenters. The first kappa shape index (κ1) is 23.8. The molecule has 0 saturated carbocycles. The third kappa shape index (κ3) is 5.87. The average Bonchev–Trinajstić information content (AvgIpc) is 3.18. The molecule has 0 radical (unpaired) electrons. The lowest BCUT2D eigenvalue weighted by Gasteiger charge is -2.26. The number of nitrogens with one attached hydrogen (secondary N) is 3. The van der Waals surface area contributed by atoms with Crippen LogP contribution in [0.2, 0.25) is 0 Å². The van der Waals surface area contributed by atoms with Gasteiger partial charge in [-0.3, -0.25) is 9.79 Å². The molecule has 3 N–H and O–H groups in total. The smallest absolute Gasteiger partial charge is 0.225 e. The van der Waals surface area contributed by atoms with Crippen molar-refractivity contribution < 1.29 is 4.79 Å². The molecule has 4 rings (SSSR count). The van der Waals surface area contributed by atoms with Crippen LogP contribution in [-0.2, 0) is 17.9 Å². The molecule has 2 aromatic carbocycles. The number of anilines is 1. The molecule has 1 amide bonds. The molecule has 0 bridgehead atoms. The van der Waals surface area contributed by atoms with Crippen LogP contribution in [0, 0.1) is 6.92 Å². The molecule has 32 heavy (non-hydrogen) atoms. The minimum atomic E-state index is 0. The van der Waals surface area contributed by atoms with E-state index in [1.54, 1.807) is 7.05 Å². The van der Waals surface area contributed by atoms with Crippen molar-refractivity contribution in [1.82, 2.24) is 20.2 Å². The maximum Gasteiger partial charge on any atom is 0.225 e. The predicted molar refractivity (Wildman–Crippen MR) is 139 cm³/mol. The number of para-hydroxylation sites is 1. The number of guanidine groups is 1. The molecule has 3 aromatic rings. The summed E-state index contributed by atoms with van der Waals surface area (Å²) in [5, 5.41) is 9.70. The van der Waals surface area contributed by atoms with Crippen molar-refractivity contribution in [3.63, 3.8) is 0 Å². The van der Waals surface area contributed by atoms with Crippen LogP contribution in [0.3, 0.4) is 0 Å². The van der Waals surface area contributed by atoms with Crippen LogP contribution in [0.5, 0.6) is 0 Å². The quantitative estimate of drug-likeness (QED) is 0.252. The van der Waals surface area contributed by atoms with Gasteiger partial charge >= 0.3 is 0 Å². The Bertz CT molecular complexity index is 1090. The Morgan fingerprint density at radius 2 is 2.00 bits per heavy atom. The first-order valence-corrected chi connectivity index (χ1v) is 10.5. The van der Waals surface area contributed by atoms with Crippen LogP contribution in [0.4, 0.5) is 5.69 Å². The lowest BCUT2D eigenvalue weighted by atomic mass is 9.90. The number of rotatable bonds is 6. The van der Waals surface area contributed by atoms with Gasteiger partial charge in [0.15, 0.2) is 5.96 Å². The maximum absolute atomic E-state index is 12.0. The molecule has 168 valence electrons. The standard InChI is InChI=1S/C24H28N6O.HI/c1-17-26-10-11-30(17)16-19-7-5-6-18(12-19)14-27-24(25-2)28-15-20-13-23(31)29-22-9-4-3-8-21(20)22;/h3-12,20H,13-16H2,1-2H3,(H,29,31)(H2,25,27,28);1H. The van der Waals surface area contributed by atoms with Gasteiger partial charge in [-0.25, -0.2) is 4.98 Å². The van der Waals surface area contributed by atoms with Gasteiger partial charge in [-0.15, -0.1) is 24.0 Å². The van der Waals surface area contributed by atoms with Crippen LogP contribution in [-0.4, -0.2) is 35.0 Å². The molecule has 0 aliphatic carbocycles. The molecule has 1 atom stereocenters. The van der Waals surface area contributed by atoms with Gasteiger partial charge in [-0.2, -0.15) is 0 Å². The molecule has 0 spiro atoms. The van der Waals surface area contributed by atoms with Gasteiger partial charge in [0, 0.05) is 57.1 Å². The first-order valence-electron chi connectivity index (χ1n) is 10.5. The molecule has 1 aliphatic heterocycles. The summed E-state index contributed by atoms with van der Waals surface area (Å²) in [6.45, 7) is 4.12. The number of fused-ring (bicyclic) bond motifs is 1. The molecule has 1 aromatic heterocycles. The molecule has 0 saturated heterocycles. The summed E-state index contributed by atoms with van der Waals surface area (Å²) in [5.41, 5.74) is 4.47. The van der Waals surface area contributed by atoms with E-state index in [0.29, 0.717) is 19.5 Å². The Morgan fingerprint density at radius 3 is 2.78 bits per heavy atom. The number of aliphatic imine (C=N–C) groups is 1. The second-order valence-electron chi connectivity index (χ2n) is 7.77. The zero-order valence-electron chi connectivity index (χ0n) is 18.3. The summed E-state index contributed by atoms with van der Waals surface area (Å²) in [6, 6.07) is 16.5. The number of nitrogens with zero attached hydrogens (tertiary/aromatic N) is 3. The minimum absolute atomic E-state index is 0. The Morgan fingerprint density at radius 1 is 1.19 bits per heavy atom. The van der Waals surface area contributed by atoms with Gasteiger partial charge in [0.25, 0.3) is 0 Å². The molecule has 0 fully saturated rings. The molecule has 1 aliphatic rings. The van der Waals surface area contributed by atoms with E-state index < -0.39 is 0 Å². The second kappa shape index (κ2) is 11.1. The highest BCUT2D eigenvalue weighted by molar-refractivity contribution is 14.0. The lowest BCUT2D eigenvalue weighted by molar-refractivity contribution is -0.116. The van der Waals surface area contributed by atoms with Crippen LogP contribution in [0.25, 0.3) is 0 Å². The number of amides is 1. The highest BCUT2D eigenvalue weighted by Gasteiger charge is 2.24. The largest absolute Gasteiger partial charge is 0.356 e. The third-order valence-corrected chi connectivity index (χ3v) is 5.57. The zero-order chi connectivity index (χ0) is 21.6. The first-order chi connectivity index (χ1) is 15.1. The average molecular weight is 544 g/mol. The van der Waals surface area contributed by atoms with Gasteiger partial charge < -0.3 is 20.5 Å². The highest BCUT2D eigenvalue weighted by Crippen LogP contribution is 2.31. The molecule has 7 nitrogen and oxygen atoms in total. The fourth-order valence-corrected chi connectivity index (χ4v) is 3.92. The van der Waals surface area contributed by atoms with Crippen LogP contribution < -0.4 is 16.0 Å². The van der Waals surface area contributed by atoms with E-state index in [4.69, 9.17) is 0 Å². The summed E-state index contributed by atoms with van der Waals surface area (Å²) >= 11 is 0. The number of aromatic nitrogens is 2. The highest BCUT2D eigenvalue weighted by atomic mass is 127. The molecular formula is C24H29IN6O. The summed E-state index contributed by atoms with van der Waals surface area (Å²) < 4.78 is 2.13. The minimum Gasteiger partial charge on any atom is -0.356 e. The van der Waals surface area contributed by atoms with Gasteiger partial charge in [0.05, 0.1) is 0 Å².